The van der Waals surface area contributed by atoms with Crippen LogP contribution in [0.3, 0.4) is 0 Å². The Morgan fingerprint density at radius 2 is 0.652 bits per heavy atom. The third kappa shape index (κ3) is 7.85. The summed E-state index contributed by atoms with van der Waals surface area (Å²) < 4.78 is 11.7. The smallest absolute Gasteiger partial charge is 0.0709 e. The highest BCUT2D eigenvalue weighted by Crippen LogP contribution is 2.23. The highest BCUT2D eigenvalue weighted by molar-refractivity contribution is 5.94. The first-order valence-corrected chi connectivity index (χ1v) is 16.4. The van der Waals surface area contributed by atoms with Gasteiger partial charge in [-0.1, -0.05) is 24.3 Å². The molecule has 6 aromatic rings. The second-order valence-electron chi connectivity index (χ2n) is 12.0. The number of nitrogens with zero attached hydrogens (tertiary/aromatic N) is 2. The van der Waals surface area contributed by atoms with Crippen LogP contribution in [-0.4, -0.2) is 62.6 Å². The van der Waals surface area contributed by atoms with Gasteiger partial charge in [-0.2, -0.15) is 0 Å². The summed E-state index contributed by atoms with van der Waals surface area (Å²) in [5, 5.41) is 18.7. The summed E-state index contributed by atoms with van der Waals surface area (Å²) in [6.07, 6.45) is 0. The first-order valence-electron chi connectivity index (χ1n) is 16.4. The minimum atomic E-state index is 0.677. The molecular formula is C38H42N6O2. The van der Waals surface area contributed by atoms with Crippen molar-refractivity contribution in [1.29, 1.82) is 0 Å². The van der Waals surface area contributed by atoms with Crippen LogP contribution in [0, 0.1) is 0 Å². The number of benzene rings is 4. The molecule has 0 amide bonds. The molecule has 1 aliphatic rings. The van der Waals surface area contributed by atoms with E-state index in [4.69, 9.17) is 19.4 Å². The molecule has 0 atom stereocenters. The van der Waals surface area contributed by atoms with Gasteiger partial charge >= 0.3 is 0 Å². The van der Waals surface area contributed by atoms with Crippen LogP contribution >= 0.6 is 0 Å². The van der Waals surface area contributed by atoms with Crippen LogP contribution < -0.4 is 21.3 Å². The van der Waals surface area contributed by atoms with Gasteiger partial charge < -0.3 is 30.7 Å². The molecule has 8 nitrogen and oxygen atoms in total. The van der Waals surface area contributed by atoms with Crippen LogP contribution in [0.1, 0.15) is 22.3 Å². The molecule has 8 bridgehead atoms. The van der Waals surface area contributed by atoms with Gasteiger partial charge in [0.25, 0.3) is 0 Å². The minimum Gasteiger partial charge on any atom is -0.379 e. The number of rotatable bonds is 0. The summed E-state index contributed by atoms with van der Waals surface area (Å²) in [7, 11) is 0. The van der Waals surface area contributed by atoms with E-state index in [1.54, 1.807) is 0 Å². The summed E-state index contributed by atoms with van der Waals surface area (Å²) in [5.41, 5.74) is 9.06. The molecule has 7 rings (SSSR count). The zero-order valence-electron chi connectivity index (χ0n) is 26.3. The minimum absolute atomic E-state index is 0.677. The van der Waals surface area contributed by atoms with Gasteiger partial charge in [-0.05, 0) is 82.9 Å². The predicted molar refractivity (Wildman–Crippen MR) is 187 cm³/mol. The second kappa shape index (κ2) is 15.0. The summed E-state index contributed by atoms with van der Waals surface area (Å²) in [6, 6.07) is 30.6. The molecule has 0 saturated carbocycles. The van der Waals surface area contributed by atoms with E-state index in [2.05, 4.69) is 106 Å². The largest absolute Gasteiger partial charge is 0.379 e. The highest BCUT2D eigenvalue weighted by atomic mass is 16.5. The van der Waals surface area contributed by atoms with E-state index < -0.39 is 0 Å². The molecule has 0 saturated heterocycles. The Bertz CT molecular complexity index is 1670. The van der Waals surface area contributed by atoms with Gasteiger partial charge in [-0.25, -0.2) is 9.97 Å². The third-order valence-corrected chi connectivity index (χ3v) is 8.48. The van der Waals surface area contributed by atoms with E-state index >= 15 is 0 Å². The van der Waals surface area contributed by atoms with Gasteiger partial charge in [0.15, 0.2) is 0 Å². The molecule has 0 fully saturated rings. The Balaban J connectivity index is 1.00. The summed E-state index contributed by atoms with van der Waals surface area (Å²) in [4.78, 5) is 9.81. The molecule has 236 valence electrons. The maximum atomic E-state index is 5.87. The van der Waals surface area contributed by atoms with Crippen molar-refractivity contribution >= 4 is 43.6 Å². The van der Waals surface area contributed by atoms with E-state index in [9.17, 15) is 0 Å². The standard InChI is InChI=1S/C38H42N6O2/c1-5-35-31-17-27(1)23-39-9-13-45-14-10-40-25-29-3-7-37-33(19-29)22-34-20-30(4-8-38(34)44-37)26-42-12-16-46-15-11-41-24-28-2-6-36(43-35)32(18-28)21-31/h1-8,17-22,39-42H,9-16,23-26H2. The van der Waals surface area contributed by atoms with Crippen molar-refractivity contribution in [3.63, 3.8) is 0 Å². The van der Waals surface area contributed by atoms with E-state index in [-0.39, 0.29) is 0 Å². The van der Waals surface area contributed by atoms with Crippen LogP contribution in [0.25, 0.3) is 43.6 Å². The average molecular weight is 615 g/mol. The summed E-state index contributed by atoms with van der Waals surface area (Å²) >= 11 is 0. The Morgan fingerprint density at radius 3 is 0.935 bits per heavy atom. The van der Waals surface area contributed by atoms with Crippen LogP contribution in [0.4, 0.5) is 0 Å². The fourth-order valence-electron chi connectivity index (χ4n) is 6.03. The highest BCUT2D eigenvalue weighted by Gasteiger charge is 2.06. The lowest BCUT2D eigenvalue weighted by atomic mass is 10.1. The zero-order chi connectivity index (χ0) is 31.0. The Hall–Kier alpha value is -4.02. The number of nitrogens with one attached hydrogen (secondary N) is 4. The maximum Gasteiger partial charge on any atom is 0.0709 e. The van der Waals surface area contributed by atoms with Gasteiger partial charge in [0, 0.05) is 73.9 Å². The van der Waals surface area contributed by atoms with E-state index in [1.165, 1.54) is 22.3 Å². The Morgan fingerprint density at radius 1 is 0.370 bits per heavy atom. The lowest BCUT2D eigenvalue weighted by molar-refractivity contribution is 0.137. The Labute approximate surface area is 269 Å². The predicted octanol–water partition coefficient (Wildman–Crippen LogP) is 5.19. The lowest BCUT2D eigenvalue weighted by Gasteiger charge is -2.10. The molecule has 0 spiro atoms. The van der Waals surface area contributed by atoms with Crippen molar-refractivity contribution in [2.24, 2.45) is 0 Å². The second-order valence-corrected chi connectivity index (χ2v) is 12.0. The normalized spacial score (nSPS) is 16.9. The van der Waals surface area contributed by atoms with E-state index in [1.807, 2.05) is 0 Å². The molecule has 0 radical (unpaired) electrons. The molecule has 0 aliphatic carbocycles. The quantitative estimate of drug-likeness (QED) is 0.174. The first-order chi connectivity index (χ1) is 22.8. The molecule has 4 N–H and O–H groups in total. The topological polar surface area (TPSA) is 92.4 Å². The SMILES string of the molecule is c1cc2nc3ccc4cc3cc2cc1CNCCOCCNCc1ccc2nc3ccc(cc3cc2c1)CNCCOCCNC4. The number of ether oxygens (including phenoxy) is 2. The summed E-state index contributed by atoms with van der Waals surface area (Å²) in [5.74, 6) is 0. The monoisotopic (exact) mass is 614 g/mol. The maximum absolute atomic E-state index is 5.87. The fourth-order valence-corrected chi connectivity index (χ4v) is 6.03. The number of aromatic nitrogens is 2. The van der Waals surface area contributed by atoms with Gasteiger partial charge in [-0.15, -0.1) is 0 Å². The molecule has 2 aromatic heterocycles. The fraction of sp³-hybridized carbons (Fsp3) is 0.316. The van der Waals surface area contributed by atoms with Crippen molar-refractivity contribution in [2.45, 2.75) is 26.2 Å². The van der Waals surface area contributed by atoms with Crippen LogP contribution in [0.2, 0.25) is 0 Å². The van der Waals surface area contributed by atoms with E-state index in [0.29, 0.717) is 26.4 Å². The van der Waals surface area contributed by atoms with Crippen molar-refractivity contribution in [3.8, 4) is 0 Å². The molecule has 1 aliphatic heterocycles. The molecule has 8 heteroatoms. The van der Waals surface area contributed by atoms with Crippen molar-refractivity contribution in [1.82, 2.24) is 31.2 Å². The summed E-state index contributed by atoms with van der Waals surface area (Å²) in [6.45, 7) is 9.11. The number of hydrogen-bond donors (Lipinski definition) is 4. The molecular weight excluding hydrogens is 572 g/mol. The van der Waals surface area contributed by atoms with Gasteiger partial charge in [0.2, 0.25) is 0 Å². The van der Waals surface area contributed by atoms with Crippen LogP contribution in [0.15, 0.2) is 84.9 Å². The van der Waals surface area contributed by atoms with Crippen molar-refractivity contribution in [2.75, 3.05) is 52.6 Å². The van der Waals surface area contributed by atoms with Crippen molar-refractivity contribution in [3.05, 3.63) is 107 Å². The third-order valence-electron chi connectivity index (χ3n) is 8.48. The molecule has 3 heterocycles. The van der Waals surface area contributed by atoms with Crippen LogP contribution in [0.5, 0.6) is 0 Å². The van der Waals surface area contributed by atoms with Crippen molar-refractivity contribution < 1.29 is 9.47 Å². The number of hydrogen-bond acceptors (Lipinski definition) is 8. The van der Waals surface area contributed by atoms with Gasteiger partial charge in [0.05, 0.1) is 48.5 Å². The lowest BCUT2D eigenvalue weighted by Crippen LogP contribution is -2.23. The average Bonchev–Trinajstić information content (AvgIpc) is 3.07. The van der Waals surface area contributed by atoms with Gasteiger partial charge in [-0.3, -0.25) is 0 Å². The zero-order valence-corrected chi connectivity index (χ0v) is 26.3. The number of fused-ring (bicyclic) bond motifs is 4. The first kappa shape index (κ1) is 30.6. The molecule has 4 aromatic carbocycles. The van der Waals surface area contributed by atoms with E-state index in [0.717, 1.165) is 96.0 Å². The molecule has 0 unspecified atom stereocenters. The molecule has 46 heavy (non-hydrogen) atoms. The van der Waals surface area contributed by atoms with Crippen LogP contribution in [-0.2, 0) is 35.7 Å². The Kier molecular flexibility index (Phi) is 10.0. The van der Waals surface area contributed by atoms with Gasteiger partial charge in [0.1, 0.15) is 0 Å². The number of pyridine rings is 2.